The molecule has 1 aliphatic rings. The maximum Gasteiger partial charge on any atom is 0.266 e. The molecule has 160 valence electrons. The van der Waals surface area contributed by atoms with Crippen molar-refractivity contribution in [3.63, 3.8) is 0 Å². The Morgan fingerprint density at radius 3 is 2.87 bits per heavy atom. The molecule has 0 amide bonds. The number of fused-ring (bicyclic) bond motifs is 1. The van der Waals surface area contributed by atoms with Crippen LogP contribution in [0.25, 0.3) is 10.2 Å². The molecule has 0 bridgehead atoms. The summed E-state index contributed by atoms with van der Waals surface area (Å²) in [6.07, 6.45) is 5.20. The average Bonchev–Trinajstić information content (AvgIpc) is 3.21. The van der Waals surface area contributed by atoms with Gasteiger partial charge in [-0.2, -0.15) is 5.10 Å². The van der Waals surface area contributed by atoms with Gasteiger partial charge < -0.3 is 5.32 Å². The van der Waals surface area contributed by atoms with Crippen LogP contribution in [-0.2, 0) is 12.0 Å². The molecule has 30 heavy (non-hydrogen) atoms. The van der Waals surface area contributed by atoms with Gasteiger partial charge in [-0.1, -0.05) is 27.2 Å². The minimum absolute atomic E-state index is 0.0317. The summed E-state index contributed by atoms with van der Waals surface area (Å²) in [4.78, 5) is 23.6. The molecule has 7 nitrogen and oxygen atoms in total. The minimum Gasteiger partial charge on any atom is -0.367 e. The molecule has 0 radical (unpaired) electrons. The van der Waals surface area contributed by atoms with Gasteiger partial charge in [-0.05, 0) is 36.9 Å². The van der Waals surface area contributed by atoms with Crippen LogP contribution in [0.4, 0.5) is 5.82 Å². The summed E-state index contributed by atoms with van der Waals surface area (Å²) < 4.78 is 2.73. The molecule has 1 aliphatic heterocycles. The highest BCUT2D eigenvalue weighted by Crippen LogP contribution is 2.25. The van der Waals surface area contributed by atoms with Crippen molar-refractivity contribution in [1.29, 1.82) is 0 Å². The summed E-state index contributed by atoms with van der Waals surface area (Å²) in [6, 6.07) is 5.94. The van der Waals surface area contributed by atoms with E-state index < -0.39 is 0 Å². The lowest BCUT2D eigenvalue weighted by atomic mass is 9.92. The number of nitrogens with zero attached hydrogens (tertiary/aromatic N) is 5. The third-order valence-electron chi connectivity index (χ3n) is 5.73. The summed E-state index contributed by atoms with van der Waals surface area (Å²) in [5.41, 5.74) is 1.83. The minimum atomic E-state index is -0.0717. The topological polar surface area (TPSA) is 75.9 Å². The Morgan fingerprint density at radius 1 is 1.17 bits per heavy atom. The third-order valence-corrected chi connectivity index (χ3v) is 6.64. The number of thiophene rings is 1. The SMILES string of the molecule is CC(C)(C)c1ccc(=O)n(CCN2CCCCC2CNc2ncnc3ccsc23)n1. The molecule has 1 N–H and O–H groups in total. The molecular formula is C22H30N6OS. The lowest BCUT2D eigenvalue weighted by molar-refractivity contribution is 0.147. The van der Waals surface area contributed by atoms with E-state index in [9.17, 15) is 4.79 Å². The molecule has 0 aromatic carbocycles. The van der Waals surface area contributed by atoms with Crippen molar-refractivity contribution < 1.29 is 0 Å². The van der Waals surface area contributed by atoms with Crippen LogP contribution in [0.3, 0.4) is 0 Å². The van der Waals surface area contributed by atoms with Crippen molar-refractivity contribution in [1.82, 2.24) is 24.6 Å². The molecule has 1 fully saturated rings. The van der Waals surface area contributed by atoms with Gasteiger partial charge >= 0.3 is 0 Å². The summed E-state index contributed by atoms with van der Waals surface area (Å²) in [7, 11) is 0. The zero-order valence-electron chi connectivity index (χ0n) is 18.0. The molecular weight excluding hydrogens is 396 g/mol. The molecule has 1 unspecified atom stereocenters. The Balaban J connectivity index is 1.42. The van der Waals surface area contributed by atoms with E-state index in [0.29, 0.717) is 12.6 Å². The van der Waals surface area contributed by atoms with Crippen LogP contribution in [0.1, 0.15) is 45.7 Å². The number of nitrogens with one attached hydrogen (secondary N) is 1. The first-order chi connectivity index (χ1) is 14.4. The molecule has 4 rings (SSSR count). The largest absolute Gasteiger partial charge is 0.367 e. The van der Waals surface area contributed by atoms with Crippen LogP contribution in [0.15, 0.2) is 34.7 Å². The van der Waals surface area contributed by atoms with Gasteiger partial charge in [0.1, 0.15) is 12.1 Å². The molecule has 1 atom stereocenters. The summed E-state index contributed by atoms with van der Waals surface area (Å²) in [6.45, 7) is 9.69. The number of rotatable bonds is 6. The molecule has 3 aromatic heterocycles. The van der Waals surface area contributed by atoms with Crippen molar-refractivity contribution in [2.75, 3.05) is 25.0 Å². The summed E-state index contributed by atoms with van der Waals surface area (Å²) in [5.74, 6) is 0.913. The van der Waals surface area contributed by atoms with E-state index in [1.807, 2.05) is 17.5 Å². The van der Waals surface area contributed by atoms with Crippen LogP contribution in [0.2, 0.25) is 0 Å². The number of hydrogen-bond acceptors (Lipinski definition) is 7. The van der Waals surface area contributed by atoms with Gasteiger partial charge in [-0.15, -0.1) is 11.3 Å². The smallest absolute Gasteiger partial charge is 0.266 e. The average molecular weight is 427 g/mol. The van der Waals surface area contributed by atoms with E-state index in [1.54, 1.807) is 28.4 Å². The van der Waals surface area contributed by atoms with Crippen LogP contribution in [0, 0.1) is 0 Å². The van der Waals surface area contributed by atoms with E-state index in [4.69, 9.17) is 0 Å². The van der Waals surface area contributed by atoms with Crippen LogP contribution in [0.5, 0.6) is 0 Å². The fraction of sp³-hybridized carbons (Fsp3) is 0.545. The number of anilines is 1. The zero-order valence-corrected chi connectivity index (χ0v) is 18.8. The molecule has 4 heterocycles. The predicted molar refractivity (Wildman–Crippen MR) is 122 cm³/mol. The zero-order chi connectivity index (χ0) is 21.1. The van der Waals surface area contributed by atoms with Crippen LogP contribution >= 0.6 is 11.3 Å². The van der Waals surface area contributed by atoms with Gasteiger partial charge in [-0.3, -0.25) is 9.69 Å². The van der Waals surface area contributed by atoms with E-state index in [1.165, 1.54) is 12.8 Å². The summed E-state index contributed by atoms with van der Waals surface area (Å²) in [5, 5.41) is 10.2. The van der Waals surface area contributed by atoms with Crippen molar-refractivity contribution in [3.05, 3.63) is 46.0 Å². The highest BCUT2D eigenvalue weighted by atomic mass is 32.1. The fourth-order valence-electron chi connectivity index (χ4n) is 3.95. The quantitative estimate of drug-likeness (QED) is 0.650. The van der Waals surface area contributed by atoms with Gasteiger partial charge in [-0.25, -0.2) is 14.6 Å². The van der Waals surface area contributed by atoms with Crippen LogP contribution < -0.4 is 10.9 Å². The first-order valence-electron chi connectivity index (χ1n) is 10.7. The normalized spacial score (nSPS) is 18.0. The van der Waals surface area contributed by atoms with Crippen LogP contribution in [-0.4, -0.2) is 50.3 Å². The summed E-state index contributed by atoms with van der Waals surface area (Å²) >= 11 is 1.67. The molecule has 0 aliphatic carbocycles. The fourth-order valence-corrected chi connectivity index (χ4v) is 4.76. The molecule has 0 spiro atoms. The van der Waals surface area contributed by atoms with Gasteiger partial charge in [0.15, 0.2) is 0 Å². The maximum absolute atomic E-state index is 12.3. The van der Waals surface area contributed by atoms with Crippen molar-refractivity contribution in [2.24, 2.45) is 0 Å². The first-order valence-corrected chi connectivity index (χ1v) is 11.5. The number of aromatic nitrogens is 4. The highest BCUT2D eigenvalue weighted by Gasteiger charge is 2.23. The second-order valence-corrected chi connectivity index (χ2v) is 9.87. The van der Waals surface area contributed by atoms with Gasteiger partial charge in [0.05, 0.1) is 22.5 Å². The van der Waals surface area contributed by atoms with Gasteiger partial charge in [0, 0.05) is 30.6 Å². The monoisotopic (exact) mass is 426 g/mol. The lowest BCUT2D eigenvalue weighted by Gasteiger charge is -2.36. The Labute approximate surface area is 181 Å². The lowest BCUT2D eigenvalue weighted by Crippen LogP contribution is -2.45. The van der Waals surface area contributed by atoms with Crippen molar-refractivity contribution in [3.8, 4) is 0 Å². The third kappa shape index (κ3) is 4.70. The Kier molecular flexibility index (Phi) is 6.15. The first kappa shape index (κ1) is 20.9. The molecule has 0 saturated carbocycles. The Hall–Kier alpha value is -2.32. The molecule has 1 saturated heterocycles. The van der Waals surface area contributed by atoms with Gasteiger partial charge in [0.2, 0.25) is 0 Å². The number of likely N-dealkylation sites (tertiary alicyclic amines) is 1. The molecule has 3 aromatic rings. The Morgan fingerprint density at radius 2 is 2.03 bits per heavy atom. The standard InChI is InChI=1S/C22H30N6OS/c1-22(2,3)18-7-8-19(29)28(26-18)12-11-27-10-5-4-6-16(27)14-23-21-20-17(9-13-30-20)24-15-25-21/h7-9,13,15-16H,4-6,10-12,14H2,1-3H3,(H,23,24,25). The molecule has 8 heteroatoms. The highest BCUT2D eigenvalue weighted by molar-refractivity contribution is 7.17. The number of hydrogen-bond donors (Lipinski definition) is 1. The van der Waals surface area contributed by atoms with Gasteiger partial charge in [0.25, 0.3) is 5.56 Å². The van der Waals surface area contributed by atoms with E-state index >= 15 is 0 Å². The second-order valence-electron chi connectivity index (χ2n) is 8.95. The Bertz CT molecular complexity index is 1050. The number of piperidine rings is 1. The predicted octanol–water partition coefficient (Wildman–Crippen LogP) is 3.51. The second kappa shape index (κ2) is 8.81. The van der Waals surface area contributed by atoms with Crippen molar-refractivity contribution >= 4 is 27.4 Å². The van der Waals surface area contributed by atoms with E-state index in [-0.39, 0.29) is 11.0 Å². The van der Waals surface area contributed by atoms with Crippen molar-refractivity contribution in [2.45, 2.75) is 58.0 Å². The maximum atomic E-state index is 12.3. The van der Waals surface area contributed by atoms with E-state index in [2.05, 4.69) is 46.1 Å². The van der Waals surface area contributed by atoms with E-state index in [0.717, 1.165) is 47.8 Å².